The maximum absolute atomic E-state index is 12.0. The predicted octanol–water partition coefficient (Wildman–Crippen LogP) is 3.43. The van der Waals surface area contributed by atoms with E-state index in [0.29, 0.717) is 5.69 Å². The van der Waals surface area contributed by atoms with Crippen molar-refractivity contribution in [2.24, 2.45) is 4.99 Å². The van der Waals surface area contributed by atoms with Gasteiger partial charge in [0.05, 0.1) is 18.1 Å². The number of aliphatic imine (C=N–C) groups is 1. The molecule has 5 heteroatoms. The Morgan fingerprint density at radius 3 is 2.67 bits per heavy atom. The van der Waals surface area contributed by atoms with Crippen LogP contribution in [0.4, 0.5) is 14.5 Å². The fourth-order valence-corrected chi connectivity index (χ4v) is 1.33. The fraction of sp³-hybridized carbons (Fsp3) is 0.0769. The molecule has 1 aromatic carbocycles. The largest absolute Gasteiger partial charge is 0.433 e. The van der Waals surface area contributed by atoms with Crippen molar-refractivity contribution in [3.8, 4) is 5.75 Å². The van der Waals surface area contributed by atoms with Crippen LogP contribution >= 0.6 is 0 Å². The van der Waals surface area contributed by atoms with Crippen molar-refractivity contribution in [1.82, 2.24) is 4.98 Å². The van der Waals surface area contributed by atoms with Crippen molar-refractivity contribution in [3.05, 3.63) is 54.4 Å². The topological polar surface area (TPSA) is 34.5 Å². The van der Waals surface area contributed by atoms with Crippen LogP contribution in [0.1, 0.15) is 5.56 Å². The van der Waals surface area contributed by atoms with E-state index in [-0.39, 0.29) is 5.75 Å². The minimum Gasteiger partial charge on any atom is -0.433 e. The summed E-state index contributed by atoms with van der Waals surface area (Å²) < 4.78 is 28.3. The second kappa shape index (κ2) is 5.86. The van der Waals surface area contributed by atoms with Gasteiger partial charge in [0.25, 0.3) is 0 Å². The van der Waals surface area contributed by atoms with E-state index in [1.807, 2.05) is 30.3 Å². The summed E-state index contributed by atoms with van der Waals surface area (Å²) in [5.74, 6) is -0.00675. The van der Waals surface area contributed by atoms with E-state index in [9.17, 15) is 8.78 Å². The average molecular weight is 248 g/mol. The standard InChI is InChI=1S/C13H10F2N2O/c14-13(15)18-12-6-11(8-16-9-12)17-7-10-4-2-1-3-5-10/h1-9,13H/b17-7+. The summed E-state index contributed by atoms with van der Waals surface area (Å²) in [6.45, 7) is -2.86. The first-order valence-electron chi connectivity index (χ1n) is 5.23. The van der Waals surface area contributed by atoms with E-state index in [1.54, 1.807) is 6.21 Å². The van der Waals surface area contributed by atoms with Gasteiger partial charge in [-0.2, -0.15) is 8.78 Å². The zero-order chi connectivity index (χ0) is 12.8. The first-order valence-corrected chi connectivity index (χ1v) is 5.23. The van der Waals surface area contributed by atoms with Crippen LogP contribution in [0, 0.1) is 0 Å². The Balaban J connectivity index is 2.12. The molecule has 0 aliphatic rings. The summed E-state index contributed by atoms with van der Waals surface area (Å²) in [4.78, 5) is 7.91. The molecule has 0 aliphatic carbocycles. The molecule has 3 nitrogen and oxygen atoms in total. The summed E-state index contributed by atoms with van der Waals surface area (Å²) >= 11 is 0. The second-order valence-corrected chi connectivity index (χ2v) is 3.43. The third-order valence-corrected chi connectivity index (χ3v) is 2.09. The molecule has 92 valence electrons. The van der Waals surface area contributed by atoms with Gasteiger partial charge in [0, 0.05) is 12.3 Å². The number of alkyl halides is 2. The van der Waals surface area contributed by atoms with E-state index >= 15 is 0 Å². The highest BCUT2D eigenvalue weighted by molar-refractivity contribution is 5.81. The van der Waals surface area contributed by atoms with Crippen molar-refractivity contribution < 1.29 is 13.5 Å². The highest BCUT2D eigenvalue weighted by atomic mass is 19.3. The molecule has 0 spiro atoms. The number of benzene rings is 1. The highest BCUT2D eigenvalue weighted by Gasteiger charge is 2.04. The lowest BCUT2D eigenvalue weighted by molar-refractivity contribution is -0.0500. The zero-order valence-electron chi connectivity index (χ0n) is 9.33. The van der Waals surface area contributed by atoms with Gasteiger partial charge in [-0.15, -0.1) is 0 Å². The smallest absolute Gasteiger partial charge is 0.387 e. The van der Waals surface area contributed by atoms with E-state index in [1.165, 1.54) is 18.5 Å². The van der Waals surface area contributed by atoms with Crippen LogP contribution in [0.15, 0.2) is 53.8 Å². The summed E-state index contributed by atoms with van der Waals surface area (Å²) in [7, 11) is 0. The fourth-order valence-electron chi connectivity index (χ4n) is 1.33. The maximum atomic E-state index is 12.0. The molecule has 1 aromatic heterocycles. The zero-order valence-corrected chi connectivity index (χ0v) is 9.33. The van der Waals surface area contributed by atoms with Gasteiger partial charge in [-0.05, 0) is 5.56 Å². The van der Waals surface area contributed by atoms with Crippen LogP contribution in [-0.2, 0) is 0 Å². The van der Waals surface area contributed by atoms with E-state index in [2.05, 4.69) is 14.7 Å². The number of ether oxygens (including phenoxy) is 1. The minimum absolute atomic E-state index is 0.00675. The van der Waals surface area contributed by atoms with Gasteiger partial charge in [0.1, 0.15) is 5.75 Å². The first kappa shape index (κ1) is 12.2. The molecule has 0 N–H and O–H groups in total. The van der Waals surface area contributed by atoms with Gasteiger partial charge in [0.2, 0.25) is 0 Å². The molecule has 0 aliphatic heterocycles. The van der Waals surface area contributed by atoms with Gasteiger partial charge >= 0.3 is 6.61 Å². The molecule has 0 saturated heterocycles. The number of nitrogens with zero attached hydrogens (tertiary/aromatic N) is 2. The Labute approximate surface area is 103 Å². The molecule has 2 rings (SSSR count). The molecule has 0 bridgehead atoms. The van der Waals surface area contributed by atoms with Gasteiger partial charge in [-0.25, -0.2) is 0 Å². The molecular formula is C13H10F2N2O. The number of rotatable bonds is 4. The lowest BCUT2D eigenvalue weighted by Gasteiger charge is -2.03. The molecule has 1 heterocycles. The van der Waals surface area contributed by atoms with Crippen molar-refractivity contribution in [2.45, 2.75) is 6.61 Å². The van der Waals surface area contributed by atoms with Crippen molar-refractivity contribution in [3.63, 3.8) is 0 Å². The van der Waals surface area contributed by atoms with Crippen molar-refractivity contribution >= 4 is 11.9 Å². The molecule has 0 radical (unpaired) electrons. The SMILES string of the molecule is FC(F)Oc1cncc(/N=C/c2ccccc2)c1. The molecular weight excluding hydrogens is 238 g/mol. The Morgan fingerprint density at radius 1 is 1.17 bits per heavy atom. The van der Waals surface area contributed by atoms with Crippen LogP contribution in [0.25, 0.3) is 0 Å². The molecule has 18 heavy (non-hydrogen) atoms. The minimum atomic E-state index is -2.86. The molecule has 0 fully saturated rings. The predicted molar refractivity (Wildman–Crippen MR) is 64.6 cm³/mol. The van der Waals surface area contributed by atoms with Crippen LogP contribution < -0.4 is 4.74 Å². The molecule has 0 unspecified atom stereocenters. The van der Waals surface area contributed by atoms with Gasteiger partial charge in [-0.1, -0.05) is 30.3 Å². The van der Waals surface area contributed by atoms with Crippen LogP contribution in [0.3, 0.4) is 0 Å². The first-order chi connectivity index (χ1) is 8.74. The summed E-state index contributed by atoms with van der Waals surface area (Å²) in [5.41, 5.74) is 1.37. The van der Waals surface area contributed by atoms with E-state index < -0.39 is 6.61 Å². The molecule has 0 amide bonds. The van der Waals surface area contributed by atoms with Crippen molar-refractivity contribution in [2.75, 3.05) is 0 Å². The Kier molecular flexibility index (Phi) is 3.96. The second-order valence-electron chi connectivity index (χ2n) is 3.43. The Bertz CT molecular complexity index is 530. The van der Waals surface area contributed by atoms with Gasteiger partial charge < -0.3 is 4.74 Å². The monoisotopic (exact) mass is 248 g/mol. The van der Waals surface area contributed by atoms with Crippen molar-refractivity contribution in [1.29, 1.82) is 0 Å². The average Bonchev–Trinajstić information content (AvgIpc) is 2.37. The molecule has 0 atom stereocenters. The number of halogens is 2. The summed E-state index contributed by atoms with van der Waals surface area (Å²) in [6, 6.07) is 10.8. The summed E-state index contributed by atoms with van der Waals surface area (Å²) in [5, 5.41) is 0. The Morgan fingerprint density at radius 2 is 1.94 bits per heavy atom. The lowest BCUT2D eigenvalue weighted by atomic mass is 10.2. The Hall–Kier alpha value is -2.30. The highest BCUT2D eigenvalue weighted by Crippen LogP contribution is 2.19. The quantitative estimate of drug-likeness (QED) is 0.777. The summed E-state index contributed by atoms with van der Waals surface area (Å²) in [6.07, 6.45) is 4.31. The van der Waals surface area contributed by atoms with Gasteiger partial charge in [-0.3, -0.25) is 9.98 Å². The maximum Gasteiger partial charge on any atom is 0.387 e. The van der Waals surface area contributed by atoms with E-state index in [0.717, 1.165) is 5.56 Å². The number of hydrogen-bond donors (Lipinski definition) is 0. The van der Waals surface area contributed by atoms with Crippen LogP contribution in [0.2, 0.25) is 0 Å². The van der Waals surface area contributed by atoms with Crippen LogP contribution in [-0.4, -0.2) is 17.8 Å². The number of hydrogen-bond acceptors (Lipinski definition) is 3. The third-order valence-electron chi connectivity index (χ3n) is 2.09. The molecule has 0 saturated carbocycles. The van der Waals surface area contributed by atoms with Gasteiger partial charge in [0.15, 0.2) is 0 Å². The van der Waals surface area contributed by atoms with Crippen LogP contribution in [0.5, 0.6) is 5.75 Å². The normalized spacial score (nSPS) is 11.1. The third kappa shape index (κ3) is 3.62. The number of pyridine rings is 1. The number of aromatic nitrogens is 1. The van der Waals surface area contributed by atoms with E-state index in [4.69, 9.17) is 0 Å². The lowest BCUT2D eigenvalue weighted by Crippen LogP contribution is -2.01. The molecule has 2 aromatic rings.